The highest BCUT2D eigenvalue weighted by Crippen LogP contribution is 2.30. The lowest BCUT2D eigenvalue weighted by molar-refractivity contribution is -0.137. The molecule has 0 radical (unpaired) electrons. The summed E-state index contributed by atoms with van der Waals surface area (Å²) >= 11 is 0. The standard InChI is InChI=1S/C18H20F3N3O2/c1-5-10(2)22-17(26)16(25)15-11(3)23-24(12(15)4)14-8-6-7-13(9-14)18(19,20)21/h6-10H,5H2,1-4H3,(H,22,26)/t10-/m1/s1. The molecule has 1 aromatic heterocycles. The molecule has 0 unspecified atom stereocenters. The molecular weight excluding hydrogens is 347 g/mol. The van der Waals surface area contributed by atoms with Crippen molar-refractivity contribution in [3.63, 3.8) is 0 Å². The van der Waals surface area contributed by atoms with Gasteiger partial charge in [-0.3, -0.25) is 9.59 Å². The highest BCUT2D eigenvalue weighted by atomic mass is 19.4. The third kappa shape index (κ3) is 3.95. The fourth-order valence-electron chi connectivity index (χ4n) is 2.54. The van der Waals surface area contributed by atoms with E-state index in [9.17, 15) is 22.8 Å². The SMILES string of the molecule is CC[C@@H](C)NC(=O)C(=O)c1c(C)nn(-c2cccc(C(F)(F)F)c2)c1C. The van der Waals surface area contributed by atoms with E-state index in [1.807, 2.05) is 6.92 Å². The van der Waals surface area contributed by atoms with Gasteiger partial charge in [-0.05, 0) is 45.4 Å². The maximum absolute atomic E-state index is 12.9. The van der Waals surface area contributed by atoms with Crippen LogP contribution in [-0.4, -0.2) is 27.5 Å². The number of ketones is 1. The minimum Gasteiger partial charge on any atom is -0.347 e. The van der Waals surface area contributed by atoms with Gasteiger partial charge >= 0.3 is 6.18 Å². The van der Waals surface area contributed by atoms with Crippen molar-refractivity contribution in [1.82, 2.24) is 15.1 Å². The number of benzene rings is 1. The van der Waals surface area contributed by atoms with Crippen LogP contribution in [0.15, 0.2) is 24.3 Å². The predicted octanol–water partition coefficient (Wildman–Crippen LogP) is 3.61. The molecule has 1 N–H and O–H groups in total. The Morgan fingerprint density at radius 1 is 1.27 bits per heavy atom. The number of Topliss-reactive ketones (excluding diaryl/α,β-unsaturated/α-hetero) is 1. The molecule has 1 aromatic carbocycles. The summed E-state index contributed by atoms with van der Waals surface area (Å²) in [5, 5.41) is 6.74. The number of aryl methyl sites for hydroxylation is 1. The van der Waals surface area contributed by atoms with Crippen LogP contribution in [-0.2, 0) is 11.0 Å². The van der Waals surface area contributed by atoms with E-state index < -0.39 is 23.4 Å². The van der Waals surface area contributed by atoms with Gasteiger partial charge in [0.05, 0.1) is 28.2 Å². The third-order valence-electron chi connectivity index (χ3n) is 4.13. The zero-order valence-corrected chi connectivity index (χ0v) is 14.9. The van der Waals surface area contributed by atoms with Gasteiger partial charge in [-0.15, -0.1) is 0 Å². The number of carbonyl (C=O) groups is 2. The molecule has 1 amide bonds. The second-order valence-electron chi connectivity index (χ2n) is 6.12. The largest absolute Gasteiger partial charge is 0.416 e. The van der Waals surface area contributed by atoms with Crippen molar-refractivity contribution in [1.29, 1.82) is 0 Å². The number of amides is 1. The van der Waals surface area contributed by atoms with Gasteiger partial charge in [0.1, 0.15) is 0 Å². The molecule has 5 nitrogen and oxygen atoms in total. The third-order valence-corrected chi connectivity index (χ3v) is 4.13. The molecule has 140 valence electrons. The molecule has 8 heteroatoms. The maximum atomic E-state index is 12.9. The molecule has 1 atom stereocenters. The van der Waals surface area contributed by atoms with Crippen LogP contribution >= 0.6 is 0 Å². The van der Waals surface area contributed by atoms with E-state index in [0.29, 0.717) is 12.1 Å². The van der Waals surface area contributed by atoms with Crippen LogP contribution in [0.5, 0.6) is 0 Å². The Kier molecular flexibility index (Phi) is 5.53. The van der Waals surface area contributed by atoms with Gasteiger partial charge in [-0.25, -0.2) is 4.68 Å². The molecule has 0 aliphatic carbocycles. The topological polar surface area (TPSA) is 64.0 Å². The summed E-state index contributed by atoms with van der Waals surface area (Å²) in [5.74, 6) is -1.51. The van der Waals surface area contributed by atoms with E-state index in [-0.39, 0.29) is 23.0 Å². The zero-order valence-electron chi connectivity index (χ0n) is 14.9. The number of nitrogens with zero attached hydrogens (tertiary/aromatic N) is 2. The van der Waals surface area contributed by atoms with E-state index in [2.05, 4.69) is 10.4 Å². The number of hydrogen-bond donors (Lipinski definition) is 1. The highest BCUT2D eigenvalue weighted by molar-refractivity contribution is 6.43. The average Bonchev–Trinajstić information content (AvgIpc) is 2.87. The number of nitrogens with one attached hydrogen (secondary N) is 1. The van der Waals surface area contributed by atoms with E-state index in [1.54, 1.807) is 20.8 Å². The van der Waals surface area contributed by atoms with Crippen LogP contribution in [0.25, 0.3) is 5.69 Å². The van der Waals surface area contributed by atoms with Crippen LogP contribution in [0, 0.1) is 13.8 Å². The van der Waals surface area contributed by atoms with E-state index in [0.717, 1.165) is 12.1 Å². The molecule has 0 aliphatic rings. The number of alkyl halides is 3. The Bertz CT molecular complexity index is 841. The predicted molar refractivity (Wildman–Crippen MR) is 90.3 cm³/mol. The second-order valence-corrected chi connectivity index (χ2v) is 6.12. The van der Waals surface area contributed by atoms with Gasteiger partial charge < -0.3 is 5.32 Å². The normalized spacial score (nSPS) is 12.7. The van der Waals surface area contributed by atoms with Gasteiger partial charge in [0.15, 0.2) is 0 Å². The quantitative estimate of drug-likeness (QED) is 0.649. The van der Waals surface area contributed by atoms with Gasteiger partial charge in [-0.1, -0.05) is 13.0 Å². The summed E-state index contributed by atoms with van der Waals surface area (Å²) < 4.78 is 40.0. The molecule has 1 heterocycles. The number of carbonyl (C=O) groups excluding carboxylic acids is 2. The van der Waals surface area contributed by atoms with Crippen molar-refractivity contribution in [3.8, 4) is 5.69 Å². The van der Waals surface area contributed by atoms with Crippen LogP contribution in [0.4, 0.5) is 13.2 Å². The molecule has 0 fully saturated rings. The van der Waals surface area contributed by atoms with Crippen LogP contribution < -0.4 is 5.32 Å². The molecule has 0 spiro atoms. The average molecular weight is 367 g/mol. The molecule has 0 saturated carbocycles. The number of rotatable bonds is 5. The Morgan fingerprint density at radius 3 is 2.50 bits per heavy atom. The van der Waals surface area contributed by atoms with Crippen LogP contribution in [0.1, 0.15) is 47.6 Å². The molecule has 2 aromatic rings. The lowest BCUT2D eigenvalue weighted by Crippen LogP contribution is -2.37. The Balaban J connectivity index is 2.42. The molecule has 0 aliphatic heterocycles. The van der Waals surface area contributed by atoms with Gasteiger partial charge in [0.25, 0.3) is 11.7 Å². The molecular formula is C18H20F3N3O2. The molecule has 0 bridgehead atoms. The van der Waals surface area contributed by atoms with Crippen molar-refractivity contribution < 1.29 is 22.8 Å². The van der Waals surface area contributed by atoms with Crippen molar-refractivity contribution in [3.05, 3.63) is 46.8 Å². The summed E-state index contributed by atoms with van der Waals surface area (Å²) in [7, 11) is 0. The molecule has 26 heavy (non-hydrogen) atoms. The van der Waals surface area contributed by atoms with Gasteiger partial charge in [0.2, 0.25) is 0 Å². The van der Waals surface area contributed by atoms with E-state index >= 15 is 0 Å². The van der Waals surface area contributed by atoms with Crippen LogP contribution in [0.3, 0.4) is 0 Å². The highest BCUT2D eigenvalue weighted by Gasteiger charge is 2.31. The van der Waals surface area contributed by atoms with Gasteiger partial charge in [-0.2, -0.15) is 18.3 Å². The maximum Gasteiger partial charge on any atom is 0.416 e. The zero-order chi connectivity index (χ0) is 19.6. The summed E-state index contributed by atoms with van der Waals surface area (Å²) in [5.41, 5.74) is 0.0466. The summed E-state index contributed by atoms with van der Waals surface area (Å²) in [6, 6.07) is 4.48. The monoisotopic (exact) mass is 367 g/mol. The lowest BCUT2D eigenvalue weighted by atomic mass is 10.1. The van der Waals surface area contributed by atoms with Crippen molar-refractivity contribution in [2.75, 3.05) is 0 Å². The molecule has 0 saturated heterocycles. The first-order chi connectivity index (χ1) is 12.1. The summed E-state index contributed by atoms with van der Waals surface area (Å²) in [4.78, 5) is 24.6. The van der Waals surface area contributed by atoms with E-state index in [4.69, 9.17) is 0 Å². The van der Waals surface area contributed by atoms with Crippen LogP contribution in [0.2, 0.25) is 0 Å². The smallest absolute Gasteiger partial charge is 0.347 e. The van der Waals surface area contributed by atoms with Crippen molar-refractivity contribution in [2.45, 2.75) is 46.3 Å². The fraction of sp³-hybridized carbons (Fsp3) is 0.389. The number of hydrogen-bond acceptors (Lipinski definition) is 3. The Morgan fingerprint density at radius 2 is 1.92 bits per heavy atom. The first-order valence-corrected chi connectivity index (χ1v) is 8.15. The molecule has 2 rings (SSSR count). The van der Waals surface area contributed by atoms with Crippen molar-refractivity contribution in [2.24, 2.45) is 0 Å². The first kappa shape index (κ1) is 19.7. The fourth-order valence-corrected chi connectivity index (χ4v) is 2.54. The first-order valence-electron chi connectivity index (χ1n) is 8.15. The lowest BCUT2D eigenvalue weighted by Gasteiger charge is -2.11. The minimum absolute atomic E-state index is 0.100. The second kappa shape index (κ2) is 7.31. The number of halogens is 3. The number of aromatic nitrogens is 2. The minimum atomic E-state index is -4.49. The summed E-state index contributed by atoms with van der Waals surface area (Å²) in [6.07, 6.45) is -3.82. The van der Waals surface area contributed by atoms with Gasteiger partial charge in [0, 0.05) is 6.04 Å². The van der Waals surface area contributed by atoms with E-state index in [1.165, 1.54) is 16.8 Å². The Labute approximate surface area is 149 Å². The van der Waals surface area contributed by atoms with Crippen molar-refractivity contribution >= 4 is 11.7 Å². The Hall–Kier alpha value is -2.64. The summed E-state index contributed by atoms with van der Waals surface area (Å²) in [6.45, 7) is 6.74.